The van der Waals surface area contributed by atoms with Crippen LogP contribution in [0.3, 0.4) is 0 Å². The maximum atomic E-state index is 11.4. The highest BCUT2D eigenvalue weighted by Crippen LogP contribution is 2.65. The van der Waals surface area contributed by atoms with Crippen LogP contribution in [0.5, 0.6) is 0 Å². The van der Waals surface area contributed by atoms with Crippen LogP contribution in [0.25, 0.3) is 0 Å². The third-order valence-electron chi connectivity index (χ3n) is 6.33. The molecule has 4 aliphatic rings. The van der Waals surface area contributed by atoms with E-state index in [1.54, 1.807) is 11.6 Å². The Balaban J connectivity index is 1.79. The van der Waals surface area contributed by atoms with E-state index in [4.69, 9.17) is 11.6 Å². The number of carbonyl (C=O) groups is 1. The van der Waals surface area contributed by atoms with Crippen molar-refractivity contribution in [2.24, 2.45) is 17.3 Å². The Labute approximate surface area is 144 Å². The summed E-state index contributed by atoms with van der Waals surface area (Å²) in [7, 11) is 0. The molecule has 2 unspecified atom stereocenters. The first kappa shape index (κ1) is 15.9. The Morgan fingerprint density at radius 2 is 2.04 bits per heavy atom. The largest absolute Gasteiger partial charge is 0.481 e. The van der Waals surface area contributed by atoms with Gasteiger partial charge in [-0.3, -0.25) is 4.79 Å². The standard InChI is InChI=1S/C16H20ClN3O4/c1-9-13(17)14(20(23)24)18-19(9)16-5-10-2-11(6-16)4-15(3-10,8-16)7-12(21)22/h10-11H,2-8H2,1H3,(H,21,22)/t10-,11+,15?,16?. The summed E-state index contributed by atoms with van der Waals surface area (Å²) in [5, 5.41) is 24.9. The van der Waals surface area contributed by atoms with Crippen molar-refractivity contribution in [3.05, 3.63) is 20.8 Å². The molecule has 0 aromatic carbocycles. The van der Waals surface area contributed by atoms with E-state index in [0.717, 1.165) is 38.5 Å². The van der Waals surface area contributed by atoms with Crippen LogP contribution >= 0.6 is 11.6 Å². The predicted octanol–water partition coefficient (Wildman–Crippen LogP) is 3.52. The summed E-state index contributed by atoms with van der Waals surface area (Å²) >= 11 is 6.15. The third kappa shape index (κ3) is 2.17. The Kier molecular flexibility index (Phi) is 3.27. The number of halogens is 1. The first-order valence-corrected chi connectivity index (χ1v) is 8.73. The van der Waals surface area contributed by atoms with Crippen LogP contribution in [0.1, 0.15) is 50.6 Å². The fraction of sp³-hybridized carbons (Fsp3) is 0.750. The van der Waals surface area contributed by atoms with Crippen LogP contribution in [0.4, 0.5) is 5.82 Å². The number of carboxylic acid groups (broad SMARTS) is 1. The van der Waals surface area contributed by atoms with Gasteiger partial charge in [0.25, 0.3) is 0 Å². The molecule has 0 aliphatic heterocycles. The molecule has 1 heterocycles. The van der Waals surface area contributed by atoms with Gasteiger partial charge in [0.05, 0.1) is 22.8 Å². The number of nitrogens with zero attached hydrogens (tertiary/aromatic N) is 3. The molecule has 4 saturated carbocycles. The Hall–Kier alpha value is -1.63. The molecule has 0 saturated heterocycles. The zero-order valence-corrected chi connectivity index (χ0v) is 14.3. The zero-order chi connectivity index (χ0) is 17.3. The zero-order valence-electron chi connectivity index (χ0n) is 13.5. The van der Waals surface area contributed by atoms with Crippen molar-refractivity contribution in [1.29, 1.82) is 0 Å². The number of hydrogen-bond acceptors (Lipinski definition) is 4. The maximum absolute atomic E-state index is 11.4. The van der Waals surface area contributed by atoms with E-state index in [1.165, 1.54) is 0 Å². The topological polar surface area (TPSA) is 98.3 Å². The van der Waals surface area contributed by atoms with E-state index in [0.29, 0.717) is 17.5 Å². The molecule has 0 radical (unpaired) electrons. The molecule has 4 atom stereocenters. The van der Waals surface area contributed by atoms with Crippen molar-refractivity contribution in [3.8, 4) is 0 Å². The van der Waals surface area contributed by atoms with E-state index in [-0.39, 0.29) is 28.2 Å². The van der Waals surface area contributed by atoms with Crippen molar-refractivity contribution in [1.82, 2.24) is 9.78 Å². The first-order valence-electron chi connectivity index (χ1n) is 8.35. The quantitative estimate of drug-likeness (QED) is 0.659. The number of hydrogen-bond donors (Lipinski definition) is 1. The number of carboxylic acids is 1. The summed E-state index contributed by atoms with van der Waals surface area (Å²) in [6.45, 7) is 1.77. The van der Waals surface area contributed by atoms with E-state index in [9.17, 15) is 20.0 Å². The van der Waals surface area contributed by atoms with Crippen LogP contribution in [-0.2, 0) is 10.3 Å². The SMILES string of the molecule is Cc1c(Cl)c([N+](=O)[O-])nn1C12C[C@@H]3C[C@@H](CC(CC(=O)O)(C3)C1)C2. The highest BCUT2D eigenvalue weighted by atomic mass is 35.5. The minimum absolute atomic E-state index is 0.100. The second kappa shape index (κ2) is 4.94. The van der Waals surface area contributed by atoms with Gasteiger partial charge >= 0.3 is 11.8 Å². The molecule has 4 aliphatic carbocycles. The van der Waals surface area contributed by atoms with Gasteiger partial charge in [0, 0.05) is 0 Å². The summed E-state index contributed by atoms with van der Waals surface area (Å²) in [5.74, 6) is -0.0930. The summed E-state index contributed by atoms with van der Waals surface area (Å²) in [4.78, 5) is 22.1. The molecule has 0 spiro atoms. The fourth-order valence-electron chi connectivity index (χ4n) is 6.22. The van der Waals surface area contributed by atoms with Gasteiger partial charge in [-0.05, 0) is 67.6 Å². The van der Waals surface area contributed by atoms with Gasteiger partial charge in [-0.2, -0.15) is 4.68 Å². The minimum Gasteiger partial charge on any atom is -0.481 e. The Morgan fingerprint density at radius 1 is 1.42 bits per heavy atom. The summed E-state index contributed by atoms with van der Waals surface area (Å²) in [5.41, 5.74) is 0.104. The molecule has 4 fully saturated rings. The van der Waals surface area contributed by atoms with Crippen LogP contribution < -0.4 is 0 Å². The molecular weight excluding hydrogens is 334 g/mol. The smallest absolute Gasteiger partial charge is 0.408 e. The number of rotatable bonds is 4. The van der Waals surface area contributed by atoms with E-state index < -0.39 is 10.9 Å². The highest BCUT2D eigenvalue weighted by molar-refractivity contribution is 6.33. The predicted molar refractivity (Wildman–Crippen MR) is 86.0 cm³/mol. The van der Waals surface area contributed by atoms with Crippen molar-refractivity contribution in [2.75, 3.05) is 0 Å². The average Bonchev–Trinajstić information content (AvgIpc) is 2.73. The first-order chi connectivity index (χ1) is 11.2. The van der Waals surface area contributed by atoms with E-state index in [1.807, 2.05) is 0 Å². The van der Waals surface area contributed by atoms with Crippen LogP contribution in [0, 0.1) is 34.3 Å². The third-order valence-corrected chi connectivity index (χ3v) is 6.77. The summed E-state index contributed by atoms with van der Waals surface area (Å²) in [6, 6.07) is 0. The maximum Gasteiger partial charge on any atom is 0.408 e. The molecule has 5 rings (SSSR count). The molecule has 1 N–H and O–H groups in total. The number of nitro groups is 1. The Bertz CT molecular complexity index is 730. The van der Waals surface area contributed by atoms with E-state index >= 15 is 0 Å². The van der Waals surface area contributed by atoms with Crippen LogP contribution in [0.2, 0.25) is 5.02 Å². The Morgan fingerprint density at radius 3 is 2.54 bits per heavy atom. The van der Waals surface area contributed by atoms with Gasteiger partial charge in [-0.15, -0.1) is 0 Å². The molecule has 24 heavy (non-hydrogen) atoms. The molecular formula is C16H20ClN3O4. The molecule has 1 aromatic heterocycles. The molecule has 7 nitrogen and oxygen atoms in total. The van der Waals surface area contributed by atoms with Crippen molar-refractivity contribution >= 4 is 23.4 Å². The molecule has 0 amide bonds. The second-order valence-electron chi connectivity index (χ2n) is 8.15. The van der Waals surface area contributed by atoms with Crippen molar-refractivity contribution < 1.29 is 14.8 Å². The fourth-order valence-corrected chi connectivity index (χ4v) is 6.41. The molecule has 1 aromatic rings. The van der Waals surface area contributed by atoms with Gasteiger partial charge in [0.2, 0.25) is 0 Å². The van der Waals surface area contributed by atoms with Gasteiger partial charge in [-0.1, -0.05) is 11.6 Å². The van der Waals surface area contributed by atoms with E-state index in [2.05, 4.69) is 5.10 Å². The highest BCUT2D eigenvalue weighted by Gasteiger charge is 2.60. The summed E-state index contributed by atoms with van der Waals surface area (Å²) < 4.78 is 1.77. The monoisotopic (exact) mass is 353 g/mol. The van der Waals surface area contributed by atoms with Gasteiger partial charge in [-0.25, -0.2) is 0 Å². The average molecular weight is 354 g/mol. The van der Waals surface area contributed by atoms with Crippen LogP contribution in [-0.4, -0.2) is 25.8 Å². The lowest BCUT2D eigenvalue weighted by Crippen LogP contribution is -2.57. The van der Waals surface area contributed by atoms with Crippen LogP contribution in [0.15, 0.2) is 0 Å². The molecule has 4 bridgehead atoms. The van der Waals surface area contributed by atoms with Gasteiger partial charge in [0.15, 0.2) is 5.02 Å². The minimum atomic E-state index is -0.756. The van der Waals surface area contributed by atoms with Crippen molar-refractivity contribution in [3.63, 3.8) is 0 Å². The molecule has 8 heteroatoms. The lowest BCUT2D eigenvalue weighted by molar-refractivity contribution is -0.389. The number of aliphatic carboxylic acids is 1. The van der Waals surface area contributed by atoms with Gasteiger partial charge in [0.1, 0.15) is 0 Å². The van der Waals surface area contributed by atoms with Crippen molar-refractivity contribution in [2.45, 2.75) is 57.4 Å². The second-order valence-corrected chi connectivity index (χ2v) is 8.53. The summed E-state index contributed by atoms with van der Waals surface area (Å²) in [6.07, 6.45) is 5.79. The number of aromatic nitrogens is 2. The van der Waals surface area contributed by atoms with Gasteiger partial charge < -0.3 is 15.2 Å². The lowest BCUT2D eigenvalue weighted by Gasteiger charge is -2.61. The lowest BCUT2D eigenvalue weighted by atomic mass is 9.46. The normalized spacial score (nSPS) is 36.9. The molecule has 130 valence electrons.